The number of morpholine rings is 1. The number of ether oxygens (including phenoxy) is 3. The molecule has 0 bridgehead atoms. The van der Waals surface area contributed by atoms with Crippen LogP contribution in [-0.2, 0) is 19.0 Å². The van der Waals surface area contributed by atoms with Gasteiger partial charge in [-0.3, -0.25) is 4.90 Å². The average Bonchev–Trinajstić information content (AvgIpc) is 2.81. The quantitative estimate of drug-likeness (QED) is 0.340. The van der Waals surface area contributed by atoms with Crippen LogP contribution in [0.15, 0.2) is 72.4 Å². The summed E-state index contributed by atoms with van der Waals surface area (Å²) in [6.07, 6.45) is 2.01. The lowest BCUT2D eigenvalue weighted by Crippen LogP contribution is -2.38. The van der Waals surface area contributed by atoms with Crippen LogP contribution < -0.4 is 5.73 Å². The monoisotopic (exact) mass is 424 g/mol. The first-order valence-corrected chi connectivity index (χ1v) is 10.8. The van der Waals surface area contributed by atoms with Gasteiger partial charge in [-0.15, -0.1) is 0 Å². The van der Waals surface area contributed by atoms with Gasteiger partial charge >= 0.3 is 5.97 Å². The molecule has 1 aliphatic heterocycles. The van der Waals surface area contributed by atoms with E-state index in [1.807, 2.05) is 36.4 Å². The zero-order chi connectivity index (χ0) is 21.7. The van der Waals surface area contributed by atoms with E-state index in [4.69, 9.17) is 19.9 Å². The van der Waals surface area contributed by atoms with Crippen LogP contribution in [0, 0.1) is 0 Å². The molecule has 0 atom stereocenters. The van der Waals surface area contributed by atoms with Crippen molar-refractivity contribution in [2.24, 2.45) is 5.73 Å². The third-order valence-electron chi connectivity index (χ3n) is 5.28. The van der Waals surface area contributed by atoms with Gasteiger partial charge in [-0.1, -0.05) is 60.7 Å². The van der Waals surface area contributed by atoms with Crippen molar-refractivity contribution >= 4 is 5.97 Å². The van der Waals surface area contributed by atoms with Crippen molar-refractivity contribution in [3.63, 3.8) is 0 Å². The first-order chi connectivity index (χ1) is 15.2. The van der Waals surface area contributed by atoms with E-state index in [1.54, 1.807) is 0 Å². The van der Waals surface area contributed by atoms with Gasteiger partial charge in [-0.2, -0.15) is 0 Å². The van der Waals surface area contributed by atoms with Crippen molar-refractivity contribution in [3.8, 4) is 0 Å². The van der Waals surface area contributed by atoms with Crippen LogP contribution in [0.4, 0.5) is 0 Å². The molecule has 2 aromatic rings. The van der Waals surface area contributed by atoms with Gasteiger partial charge in [0.25, 0.3) is 0 Å². The lowest BCUT2D eigenvalue weighted by Gasteiger charge is -2.26. The van der Waals surface area contributed by atoms with Crippen LogP contribution in [0.1, 0.15) is 23.5 Å². The van der Waals surface area contributed by atoms with E-state index in [-0.39, 0.29) is 12.5 Å². The molecule has 31 heavy (non-hydrogen) atoms. The Labute approximate surface area is 184 Å². The third kappa shape index (κ3) is 8.17. The number of nitrogens with two attached hydrogens (primary N) is 1. The molecule has 1 fully saturated rings. The van der Waals surface area contributed by atoms with Crippen molar-refractivity contribution in [2.45, 2.75) is 12.3 Å². The molecule has 6 heteroatoms. The Bertz CT molecular complexity index is 765. The maximum absolute atomic E-state index is 12.1. The Kier molecular flexibility index (Phi) is 9.57. The van der Waals surface area contributed by atoms with Crippen molar-refractivity contribution < 1.29 is 19.0 Å². The van der Waals surface area contributed by atoms with E-state index in [1.165, 1.54) is 17.2 Å². The largest absolute Gasteiger partial charge is 0.462 e. The summed E-state index contributed by atoms with van der Waals surface area (Å²) in [6, 6.07) is 20.5. The number of carbonyl (C=O) groups excluding carboxylic acids is 1. The molecule has 1 heterocycles. The van der Waals surface area contributed by atoms with Crippen molar-refractivity contribution in [2.75, 3.05) is 52.7 Å². The molecular formula is C25H32N2O4. The van der Waals surface area contributed by atoms with E-state index >= 15 is 0 Å². The Morgan fingerprint density at radius 2 is 1.61 bits per heavy atom. The van der Waals surface area contributed by atoms with Gasteiger partial charge in [-0.05, 0) is 17.5 Å². The second-order valence-electron chi connectivity index (χ2n) is 7.56. The molecule has 0 radical (unpaired) electrons. The predicted molar refractivity (Wildman–Crippen MR) is 121 cm³/mol. The Morgan fingerprint density at radius 1 is 1.00 bits per heavy atom. The molecule has 2 N–H and O–H groups in total. The number of benzene rings is 2. The Morgan fingerprint density at radius 3 is 2.23 bits per heavy atom. The molecule has 1 saturated heterocycles. The maximum atomic E-state index is 12.1. The summed E-state index contributed by atoms with van der Waals surface area (Å²) < 4.78 is 16.3. The molecule has 166 valence electrons. The van der Waals surface area contributed by atoms with E-state index in [9.17, 15) is 4.79 Å². The third-order valence-corrected chi connectivity index (χ3v) is 5.28. The summed E-state index contributed by atoms with van der Waals surface area (Å²) in [5, 5.41) is 0. The fourth-order valence-electron chi connectivity index (χ4n) is 3.62. The van der Waals surface area contributed by atoms with Crippen LogP contribution in [0.5, 0.6) is 0 Å². The fraction of sp³-hybridized carbons (Fsp3) is 0.400. The molecule has 0 saturated carbocycles. The Hall–Kier alpha value is -2.67. The van der Waals surface area contributed by atoms with Crippen molar-refractivity contribution in [1.29, 1.82) is 0 Å². The van der Waals surface area contributed by atoms with Gasteiger partial charge < -0.3 is 19.9 Å². The van der Waals surface area contributed by atoms with Gasteiger partial charge in [0.05, 0.1) is 33.0 Å². The second kappa shape index (κ2) is 12.9. The Balaban J connectivity index is 1.41. The lowest BCUT2D eigenvalue weighted by molar-refractivity contribution is -0.138. The minimum absolute atomic E-state index is 0.167. The number of esters is 1. The second-order valence-corrected chi connectivity index (χ2v) is 7.56. The summed E-state index contributed by atoms with van der Waals surface area (Å²) in [6.45, 7) is 5.32. The molecule has 6 nitrogen and oxygen atoms in total. The SMILES string of the molecule is N/C(=C\C(=O)OCCC(c1ccccc1)c1ccccc1)COCCN1CCOCC1. The van der Waals surface area contributed by atoms with Gasteiger partial charge in [0, 0.05) is 37.3 Å². The number of hydrogen-bond donors (Lipinski definition) is 1. The first-order valence-electron chi connectivity index (χ1n) is 10.8. The molecule has 2 aromatic carbocycles. The van der Waals surface area contributed by atoms with E-state index in [0.717, 1.165) is 32.8 Å². The van der Waals surface area contributed by atoms with Crippen LogP contribution in [0.25, 0.3) is 0 Å². The molecular weight excluding hydrogens is 392 g/mol. The summed E-state index contributed by atoms with van der Waals surface area (Å²) in [4.78, 5) is 14.4. The zero-order valence-corrected chi connectivity index (χ0v) is 17.9. The van der Waals surface area contributed by atoms with E-state index in [0.29, 0.717) is 25.3 Å². The molecule has 0 aliphatic carbocycles. The summed E-state index contributed by atoms with van der Waals surface area (Å²) in [7, 11) is 0. The molecule has 0 spiro atoms. The highest BCUT2D eigenvalue weighted by Crippen LogP contribution is 2.27. The molecule has 0 unspecified atom stereocenters. The molecule has 1 aliphatic rings. The van der Waals surface area contributed by atoms with Gasteiger partial charge in [0.1, 0.15) is 0 Å². The molecule has 0 amide bonds. The first kappa shape index (κ1) is 23.0. The topological polar surface area (TPSA) is 74.0 Å². The normalized spacial score (nSPS) is 15.2. The summed E-state index contributed by atoms with van der Waals surface area (Å²) in [5.74, 6) is -0.269. The number of nitrogens with zero attached hydrogens (tertiary/aromatic N) is 1. The molecule has 3 rings (SSSR count). The smallest absolute Gasteiger partial charge is 0.332 e. The van der Waals surface area contributed by atoms with Gasteiger partial charge in [0.15, 0.2) is 0 Å². The highest BCUT2D eigenvalue weighted by molar-refractivity contribution is 5.82. The van der Waals surface area contributed by atoms with Crippen molar-refractivity contribution in [3.05, 3.63) is 83.6 Å². The highest BCUT2D eigenvalue weighted by atomic mass is 16.5. The van der Waals surface area contributed by atoms with E-state index in [2.05, 4.69) is 29.2 Å². The summed E-state index contributed by atoms with van der Waals surface area (Å²) in [5.41, 5.74) is 8.68. The number of carbonyl (C=O) groups is 1. The van der Waals surface area contributed by atoms with Gasteiger partial charge in [0.2, 0.25) is 0 Å². The van der Waals surface area contributed by atoms with Crippen molar-refractivity contribution in [1.82, 2.24) is 4.90 Å². The van der Waals surface area contributed by atoms with Crippen LogP contribution in [0.2, 0.25) is 0 Å². The van der Waals surface area contributed by atoms with E-state index < -0.39 is 5.97 Å². The molecule has 0 aromatic heterocycles. The van der Waals surface area contributed by atoms with Crippen LogP contribution in [0.3, 0.4) is 0 Å². The average molecular weight is 425 g/mol. The zero-order valence-electron chi connectivity index (χ0n) is 17.9. The van der Waals surface area contributed by atoms with Gasteiger partial charge in [-0.25, -0.2) is 4.79 Å². The predicted octanol–water partition coefficient (Wildman–Crippen LogP) is 2.94. The van der Waals surface area contributed by atoms with Crippen LogP contribution in [-0.4, -0.2) is 63.5 Å². The number of rotatable bonds is 11. The standard InChI is InChI=1S/C25H32N2O4/c26-23(20-30-18-14-27-12-16-29-17-13-27)19-25(28)31-15-11-24(21-7-3-1-4-8-21)22-9-5-2-6-10-22/h1-10,19,24H,11-18,20,26H2/b23-19-. The highest BCUT2D eigenvalue weighted by Gasteiger charge is 2.14. The minimum atomic E-state index is -0.436. The minimum Gasteiger partial charge on any atom is -0.462 e. The fourth-order valence-corrected chi connectivity index (χ4v) is 3.62. The lowest BCUT2D eigenvalue weighted by atomic mass is 9.89. The maximum Gasteiger partial charge on any atom is 0.332 e. The van der Waals surface area contributed by atoms with Crippen LogP contribution >= 0.6 is 0 Å². The number of hydrogen-bond acceptors (Lipinski definition) is 6. The summed E-state index contributed by atoms with van der Waals surface area (Å²) >= 11 is 0.